The second-order valence-electron chi connectivity index (χ2n) is 16.5. The molecule has 2 aromatic heterocycles. The zero-order valence-electron chi connectivity index (χ0n) is 35.0. The van der Waals surface area contributed by atoms with Gasteiger partial charge in [0.05, 0.1) is 37.8 Å². The van der Waals surface area contributed by atoms with E-state index in [2.05, 4.69) is 86.2 Å². The number of carbonyl (C=O) groups excluding carboxylic acids is 4. The highest BCUT2D eigenvalue weighted by Crippen LogP contribution is 2.58. The number of fused-ring (bicyclic) bond motifs is 1. The quantitative estimate of drug-likeness (QED) is 0.0958. The topological polar surface area (TPSA) is 184 Å². The lowest BCUT2D eigenvalue weighted by Gasteiger charge is -2.30. The van der Waals surface area contributed by atoms with Crippen LogP contribution in [0, 0.1) is 11.3 Å². The number of ether oxygens (including phenoxy) is 3. The van der Waals surface area contributed by atoms with E-state index in [4.69, 9.17) is 19.2 Å². The monoisotopic (exact) mass is 848 g/mol. The zero-order valence-corrected chi connectivity index (χ0v) is 35.8. The smallest absolute Gasteiger partial charge is 0.407 e. The summed E-state index contributed by atoms with van der Waals surface area (Å²) in [5, 5.41) is 7.26. The second-order valence-corrected chi connectivity index (χ2v) is 17.7. The van der Waals surface area contributed by atoms with Gasteiger partial charge in [-0.3, -0.25) is 9.59 Å². The van der Waals surface area contributed by atoms with E-state index in [-0.39, 0.29) is 34.6 Å². The first-order chi connectivity index (χ1) is 29.5. The first kappa shape index (κ1) is 41.8. The Morgan fingerprint density at radius 1 is 0.852 bits per heavy atom. The van der Waals surface area contributed by atoms with Crippen molar-refractivity contribution in [2.45, 2.75) is 63.0 Å². The van der Waals surface area contributed by atoms with Gasteiger partial charge in [0.25, 0.3) is 0 Å². The number of H-pyrrole nitrogens is 2. The molecule has 1 aliphatic carbocycles. The van der Waals surface area contributed by atoms with Crippen LogP contribution in [0.3, 0.4) is 0 Å². The third kappa shape index (κ3) is 8.82. The molecule has 0 radical (unpaired) electrons. The number of imidazole rings is 2. The third-order valence-corrected chi connectivity index (χ3v) is 13.3. The maximum absolute atomic E-state index is 13.9. The molecule has 4 N–H and O–H groups in total. The normalized spacial score (nSPS) is 19.0. The van der Waals surface area contributed by atoms with E-state index in [1.54, 1.807) is 30.0 Å². The molecule has 4 amide bonds. The van der Waals surface area contributed by atoms with Gasteiger partial charge in [-0.25, -0.2) is 19.6 Å². The van der Waals surface area contributed by atoms with Crippen LogP contribution in [-0.4, -0.2) is 113 Å². The molecule has 4 heterocycles. The molecule has 1 spiro atoms. The van der Waals surface area contributed by atoms with Crippen LogP contribution < -0.4 is 10.6 Å². The van der Waals surface area contributed by atoms with Gasteiger partial charge in [-0.05, 0) is 70.2 Å². The van der Waals surface area contributed by atoms with Crippen LogP contribution in [0.5, 0.6) is 0 Å². The molecule has 1 saturated carbocycles. The molecule has 3 aliphatic rings. The number of hydrogen-bond acceptors (Lipinski definition) is 10. The Bertz CT molecular complexity index is 2410. The largest absolute Gasteiger partial charge is 0.453 e. The Labute approximate surface area is 358 Å². The van der Waals surface area contributed by atoms with Crippen LogP contribution in [0.1, 0.15) is 62.6 Å². The minimum Gasteiger partial charge on any atom is -0.453 e. The molecule has 3 fully saturated rings. The number of nitrogens with zero attached hydrogens (tertiary/aromatic N) is 4. The molecular formula is C45H52N8O7S. The van der Waals surface area contributed by atoms with Crippen molar-refractivity contribution >= 4 is 46.5 Å². The Kier molecular flexibility index (Phi) is 12.1. The van der Waals surface area contributed by atoms with Crippen molar-refractivity contribution in [2.75, 3.05) is 46.8 Å². The molecule has 2 aliphatic heterocycles. The van der Waals surface area contributed by atoms with Crippen molar-refractivity contribution in [2.24, 2.45) is 11.3 Å². The number of amides is 4. The fraction of sp³-hybridized carbons (Fsp3) is 0.422. The summed E-state index contributed by atoms with van der Waals surface area (Å²) < 4.78 is 14.7. The first-order valence-corrected chi connectivity index (χ1v) is 21.7. The van der Waals surface area contributed by atoms with Gasteiger partial charge >= 0.3 is 12.2 Å². The number of aromatic nitrogens is 4. The lowest BCUT2D eigenvalue weighted by molar-refractivity contribution is -0.136. The fourth-order valence-corrected chi connectivity index (χ4v) is 9.65. The van der Waals surface area contributed by atoms with Gasteiger partial charge in [0.2, 0.25) is 11.8 Å². The van der Waals surface area contributed by atoms with Crippen LogP contribution in [0.15, 0.2) is 73.1 Å². The van der Waals surface area contributed by atoms with E-state index >= 15 is 0 Å². The van der Waals surface area contributed by atoms with Gasteiger partial charge in [0, 0.05) is 50.7 Å². The fourth-order valence-electron chi connectivity index (χ4n) is 8.46. The van der Waals surface area contributed by atoms with Gasteiger partial charge < -0.3 is 44.6 Å². The van der Waals surface area contributed by atoms with Crippen LogP contribution in [0.2, 0.25) is 0 Å². The maximum atomic E-state index is 13.9. The van der Waals surface area contributed by atoms with E-state index in [1.807, 2.05) is 24.9 Å². The molecule has 0 unspecified atom stereocenters. The summed E-state index contributed by atoms with van der Waals surface area (Å²) in [5.74, 6) is 1.75. The second kappa shape index (κ2) is 17.6. The highest BCUT2D eigenvalue weighted by atomic mass is 32.2. The molecule has 5 aromatic rings. The zero-order chi connectivity index (χ0) is 42.8. The number of aromatic amines is 2. The number of benzene rings is 3. The summed E-state index contributed by atoms with van der Waals surface area (Å²) in [6.07, 6.45) is 5.75. The standard InChI is InChI=1S/C45H52N8O7S/c1-26(2)37(51-44(57)60-5)41(55)53-25-45(15-16-45)22-36(53)38-46-24-35(48-38)32-13-12-30-20-29(10-11-31(30)21-32)27-6-8-28(9-7-27)34-23-47-39(49-34)42-52(17-19-61-42)40(54)33(14-18-58-3)50-43(56)59-4/h6-13,20-21,23-24,26,33,36-37,42H,14-19,22,25H2,1-5H3,(H,46,48)(H,47,49)(H,50,56)(H,51,57)/t33-,36-,37-,42-/m0/s1. The van der Waals surface area contributed by atoms with Crippen LogP contribution in [0.4, 0.5) is 9.59 Å². The number of methoxy groups -OCH3 is 3. The Hall–Kier alpha value is -5.87. The molecular weight excluding hydrogens is 797 g/mol. The lowest BCUT2D eigenvalue weighted by Crippen LogP contribution is -2.51. The summed E-state index contributed by atoms with van der Waals surface area (Å²) in [6, 6.07) is 19.4. The summed E-state index contributed by atoms with van der Waals surface area (Å²) in [6.45, 7) is 5.34. The molecule has 3 aromatic carbocycles. The van der Waals surface area contributed by atoms with Crippen molar-refractivity contribution < 1.29 is 33.4 Å². The van der Waals surface area contributed by atoms with E-state index < -0.39 is 24.3 Å². The summed E-state index contributed by atoms with van der Waals surface area (Å²) in [5.41, 5.74) is 5.86. The van der Waals surface area contributed by atoms with E-state index in [9.17, 15) is 19.2 Å². The van der Waals surface area contributed by atoms with E-state index in [0.717, 1.165) is 75.3 Å². The SMILES string of the molecule is COCC[C@H](NC(=O)OC)C(=O)N1CCS[C@H]1c1ncc(-c2ccc(-c3ccc4cc(-c5c[nH]c([C@@H]6CC7(CC7)CN6C(=O)[C@@H](NC(=O)OC)C(C)C)n5)ccc4c3)cc2)[nH]1. The lowest BCUT2D eigenvalue weighted by atomic mass is 9.98. The van der Waals surface area contributed by atoms with Crippen LogP contribution in [-0.2, 0) is 23.8 Å². The summed E-state index contributed by atoms with van der Waals surface area (Å²) in [4.78, 5) is 71.7. The Balaban J connectivity index is 0.946. The number of alkyl carbamates (subject to hydrolysis) is 2. The van der Waals surface area contributed by atoms with Crippen molar-refractivity contribution in [3.8, 4) is 33.6 Å². The number of rotatable bonds is 13. The van der Waals surface area contributed by atoms with Crippen molar-refractivity contribution in [3.63, 3.8) is 0 Å². The van der Waals surface area contributed by atoms with Crippen LogP contribution in [0.25, 0.3) is 44.4 Å². The minimum atomic E-state index is -0.774. The number of hydrogen-bond donors (Lipinski definition) is 4. The number of likely N-dealkylation sites (tertiary alicyclic amines) is 1. The van der Waals surface area contributed by atoms with E-state index in [1.165, 1.54) is 14.2 Å². The number of thioether (sulfide) groups is 1. The summed E-state index contributed by atoms with van der Waals surface area (Å²) >= 11 is 1.62. The van der Waals surface area contributed by atoms with Gasteiger partial charge in [-0.2, -0.15) is 0 Å². The Morgan fingerprint density at radius 2 is 1.52 bits per heavy atom. The average molecular weight is 849 g/mol. The number of carbonyl (C=O) groups is 4. The highest BCUT2D eigenvalue weighted by Gasteiger charge is 2.55. The predicted molar refractivity (Wildman–Crippen MR) is 232 cm³/mol. The molecule has 0 bridgehead atoms. The Morgan fingerprint density at radius 3 is 2.21 bits per heavy atom. The molecule has 2 saturated heterocycles. The predicted octanol–water partition coefficient (Wildman–Crippen LogP) is 7.06. The first-order valence-electron chi connectivity index (χ1n) is 20.7. The minimum absolute atomic E-state index is 0.108. The maximum Gasteiger partial charge on any atom is 0.407 e. The summed E-state index contributed by atoms with van der Waals surface area (Å²) in [7, 11) is 4.13. The van der Waals surface area contributed by atoms with Gasteiger partial charge in [-0.1, -0.05) is 62.4 Å². The van der Waals surface area contributed by atoms with Crippen LogP contribution >= 0.6 is 11.8 Å². The van der Waals surface area contributed by atoms with Gasteiger partial charge in [0.15, 0.2) is 0 Å². The van der Waals surface area contributed by atoms with Crippen molar-refractivity contribution in [1.82, 2.24) is 40.4 Å². The van der Waals surface area contributed by atoms with E-state index in [0.29, 0.717) is 31.9 Å². The molecule has 320 valence electrons. The number of nitrogens with one attached hydrogen (secondary N) is 4. The molecule has 16 heteroatoms. The van der Waals surface area contributed by atoms with Crippen molar-refractivity contribution in [3.05, 3.63) is 84.7 Å². The molecule has 8 rings (SSSR count). The average Bonchev–Trinajstić information content (AvgIpc) is 3.81. The van der Waals surface area contributed by atoms with Gasteiger partial charge in [-0.15, -0.1) is 11.8 Å². The molecule has 61 heavy (non-hydrogen) atoms. The molecule has 4 atom stereocenters. The third-order valence-electron chi connectivity index (χ3n) is 12.1. The highest BCUT2D eigenvalue weighted by molar-refractivity contribution is 7.99. The molecule has 15 nitrogen and oxygen atoms in total. The van der Waals surface area contributed by atoms with Gasteiger partial charge in [0.1, 0.15) is 29.1 Å². The van der Waals surface area contributed by atoms with Crippen molar-refractivity contribution in [1.29, 1.82) is 0 Å².